The van der Waals surface area contributed by atoms with Crippen LogP contribution in [-0.2, 0) is 11.2 Å². The van der Waals surface area contributed by atoms with Crippen molar-refractivity contribution in [3.63, 3.8) is 0 Å². The van der Waals surface area contributed by atoms with Crippen molar-refractivity contribution in [2.45, 2.75) is 18.8 Å². The first-order valence-electron chi connectivity index (χ1n) is 9.61. The van der Waals surface area contributed by atoms with Gasteiger partial charge in [-0.25, -0.2) is 4.39 Å². The fraction of sp³-hybridized carbons (Fsp3) is 0.364. The Morgan fingerprint density at radius 1 is 1.25 bits per heavy atom. The Kier molecular flexibility index (Phi) is 6.63. The number of primary amides is 1. The van der Waals surface area contributed by atoms with E-state index in [9.17, 15) is 9.18 Å². The highest BCUT2D eigenvalue weighted by Gasteiger charge is 2.26. The number of hydrogen-bond donors (Lipinski definition) is 2. The molecule has 1 fully saturated rings. The SMILES string of the molecule is CN=C(NCC(Cc1ccc(F)cc1)C(N)=O)N1CCC(c2ccccc2)C1. The van der Waals surface area contributed by atoms with E-state index in [1.807, 2.05) is 6.07 Å². The molecule has 0 spiro atoms. The van der Waals surface area contributed by atoms with Crippen LogP contribution >= 0.6 is 0 Å². The summed E-state index contributed by atoms with van der Waals surface area (Å²) in [6.07, 6.45) is 1.53. The molecule has 0 aromatic heterocycles. The molecule has 2 atom stereocenters. The second-order valence-corrected chi connectivity index (χ2v) is 7.20. The van der Waals surface area contributed by atoms with Gasteiger partial charge < -0.3 is 16.0 Å². The number of likely N-dealkylation sites (tertiary alicyclic amines) is 1. The molecular weight excluding hydrogens is 355 g/mol. The van der Waals surface area contributed by atoms with E-state index in [2.05, 4.69) is 39.5 Å². The summed E-state index contributed by atoms with van der Waals surface area (Å²) in [5, 5.41) is 3.30. The summed E-state index contributed by atoms with van der Waals surface area (Å²) in [6, 6.07) is 16.7. The second kappa shape index (κ2) is 9.35. The number of hydrogen-bond acceptors (Lipinski definition) is 2. The third-order valence-electron chi connectivity index (χ3n) is 5.27. The number of aliphatic imine (C=N–C) groups is 1. The summed E-state index contributed by atoms with van der Waals surface area (Å²) >= 11 is 0. The molecule has 0 saturated carbocycles. The number of halogens is 1. The van der Waals surface area contributed by atoms with Gasteiger partial charge in [0.1, 0.15) is 5.82 Å². The van der Waals surface area contributed by atoms with E-state index in [1.54, 1.807) is 19.2 Å². The smallest absolute Gasteiger partial charge is 0.222 e. The predicted octanol–water partition coefficient (Wildman–Crippen LogP) is 2.53. The molecule has 1 aliphatic heterocycles. The largest absolute Gasteiger partial charge is 0.369 e. The molecule has 0 radical (unpaired) electrons. The van der Waals surface area contributed by atoms with Crippen molar-refractivity contribution < 1.29 is 9.18 Å². The summed E-state index contributed by atoms with van der Waals surface area (Å²) in [6.45, 7) is 2.20. The van der Waals surface area contributed by atoms with Crippen LogP contribution in [-0.4, -0.2) is 43.4 Å². The van der Waals surface area contributed by atoms with Crippen molar-refractivity contribution in [1.82, 2.24) is 10.2 Å². The molecule has 3 N–H and O–H groups in total. The summed E-state index contributed by atoms with van der Waals surface area (Å²) in [5.74, 6) is 0.195. The average Bonchev–Trinajstić information content (AvgIpc) is 3.19. The number of benzene rings is 2. The Balaban J connectivity index is 1.57. The van der Waals surface area contributed by atoms with Gasteiger partial charge in [-0.05, 0) is 36.1 Å². The summed E-state index contributed by atoms with van der Waals surface area (Å²) in [7, 11) is 1.75. The molecule has 3 rings (SSSR count). The van der Waals surface area contributed by atoms with Crippen LogP contribution in [0.2, 0.25) is 0 Å². The summed E-state index contributed by atoms with van der Waals surface area (Å²) in [4.78, 5) is 18.5. The molecule has 0 bridgehead atoms. The van der Waals surface area contributed by atoms with Crippen LogP contribution in [0.4, 0.5) is 4.39 Å². The van der Waals surface area contributed by atoms with Crippen molar-refractivity contribution in [2.75, 3.05) is 26.7 Å². The molecule has 1 saturated heterocycles. The summed E-state index contributed by atoms with van der Waals surface area (Å²) in [5.41, 5.74) is 7.81. The van der Waals surface area contributed by atoms with Crippen LogP contribution in [0, 0.1) is 11.7 Å². The Bertz CT molecular complexity index is 807. The number of rotatable bonds is 6. The molecule has 5 nitrogen and oxygen atoms in total. The first-order chi connectivity index (χ1) is 13.6. The highest BCUT2D eigenvalue weighted by molar-refractivity contribution is 5.82. The predicted molar refractivity (Wildman–Crippen MR) is 110 cm³/mol. The van der Waals surface area contributed by atoms with Crippen LogP contribution in [0.5, 0.6) is 0 Å². The molecule has 2 unspecified atom stereocenters. The fourth-order valence-electron chi connectivity index (χ4n) is 3.68. The molecule has 1 amide bonds. The number of guanidine groups is 1. The van der Waals surface area contributed by atoms with Gasteiger partial charge in [-0.1, -0.05) is 42.5 Å². The molecule has 0 aliphatic carbocycles. The molecule has 2 aromatic carbocycles. The Morgan fingerprint density at radius 2 is 1.96 bits per heavy atom. The first-order valence-corrected chi connectivity index (χ1v) is 9.61. The molecular formula is C22H27FN4O. The van der Waals surface area contributed by atoms with Crippen molar-refractivity contribution >= 4 is 11.9 Å². The van der Waals surface area contributed by atoms with Crippen molar-refractivity contribution in [3.8, 4) is 0 Å². The van der Waals surface area contributed by atoms with E-state index < -0.39 is 5.92 Å². The Hall–Kier alpha value is -2.89. The van der Waals surface area contributed by atoms with Gasteiger partial charge in [-0.3, -0.25) is 9.79 Å². The highest BCUT2D eigenvalue weighted by Crippen LogP contribution is 2.26. The molecule has 148 valence electrons. The lowest BCUT2D eigenvalue weighted by Crippen LogP contribution is -2.44. The molecule has 6 heteroatoms. The minimum absolute atomic E-state index is 0.292. The maximum Gasteiger partial charge on any atom is 0.222 e. The maximum atomic E-state index is 13.1. The molecule has 2 aromatic rings. The number of nitrogens with one attached hydrogen (secondary N) is 1. The highest BCUT2D eigenvalue weighted by atomic mass is 19.1. The molecule has 1 heterocycles. The van der Waals surface area contributed by atoms with E-state index in [-0.39, 0.29) is 11.7 Å². The third kappa shape index (κ3) is 5.09. The zero-order valence-electron chi connectivity index (χ0n) is 16.1. The van der Waals surface area contributed by atoms with Gasteiger partial charge in [0.25, 0.3) is 0 Å². The van der Waals surface area contributed by atoms with Crippen LogP contribution in [0.25, 0.3) is 0 Å². The number of amides is 1. The van der Waals surface area contributed by atoms with E-state index in [4.69, 9.17) is 5.73 Å². The lowest BCUT2D eigenvalue weighted by atomic mass is 9.98. The van der Waals surface area contributed by atoms with E-state index in [1.165, 1.54) is 17.7 Å². The fourth-order valence-corrected chi connectivity index (χ4v) is 3.68. The quantitative estimate of drug-likeness (QED) is 0.596. The Morgan fingerprint density at radius 3 is 2.61 bits per heavy atom. The van der Waals surface area contributed by atoms with Gasteiger partial charge in [0.2, 0.25) is 5.91 Å². The number of nitrogens with two attached hydrogens (primary N) is 1. The lowest BCUT2D eigenvalue weighted by molar-refractivity contribution is -0.121. The number of nitrogens with zero attached hydrogens (tertiary/aromatic N) is 2. The monoisotopic (exact) mass is 382 g/mol. The van der Waals surface area contributed by atoms with E-state index in [0.717, 1.165) is 31.0 Å². The molecule has 1 aliphatic rings. The minimum Gasteiger partial charge on any atom is -0.369 e. The van der Waals surface area contributed by atoms with Crippen LogP contribution in [0.15, 0.2) is 59.6 Å². The second-order valence-electron chi connectivity index (χ2n) is 7.20. The molecule has 28 heavy (non-hydrogen) atoms. The van der Waals surface area contributed by atoms with E-state index >= 15 is 0 Å². The normalized spacial score (nSPS) is 18.1. The average molecular weight is 382 g/mol. The lowest BCUT2D eigenvalue weighted by Gasteiger charge is -2.24. The Labute approximate surface area is 165 Å². The first kappa shape index (κ1) is 19.9. The van der Waals surface area contributed by atoms with Gasteiger partial charge in [0.15, 0.2) is 5.96 Å². The van der Waals surface area contributed by atoms with Crippen molar-refractivity contribution in [3.05, 3.63) is 71.5 Å². The van der Waals surface area contributed by atoms with Gasteiger partial charge in [-0.2, -0.15) is 0 Å². The topological polar surface area (TPSA) is 70.7 Å². The third-order valence-corrected chi connectivity index (χ3v) is 5.27. The van der Waals surface area contributed by atoms with Crippen LogP contribution < -0.4 is 11.1 Å². The van der Waals surface area contributed by atoms with Crippen LogP contribution in [0.1, 0.15) is 23.5 Å². The van der Waals surface area contributed by atoms with E-state index in [0.29, 0.717) is 18.9 Å². The van der Waals surface area contributed by atoms with Crippen molar-refractivity contribution in [1.29, 1.82) is 0 Å². The van der Waals surface area contributed by atoms with Gasteiger partial charge in [0, 0.05) is 32.6 Å². The van der Waals surface area contributed by atoms with Gasteiger partial charge >= 0.3 is 0 Å². The zero-order valence-corrected chi connectivity index (χ0v) is 16.1. The van der Waals surface area contributed by atoms with Crippen LogP contribution in [0.3, 0.4) is 0 Å². The minimum atomic E-state index is -0.394. The maximum absolute atomic E-state index is 13.1. The number of carbonyl (C=O) groups excluding carboxylic acids is 1. The van der Waals surface area contributed by atoms with Crippen molar-refractivity contribution in [2.24, 2.45) is 16.6 Å². The zero-order chi connectivity index (χ0) is 19.9. The van der Waals surface area contributed by atoms with Gasteiger partial charge in [0.05, 0.1) is 5.92 Å². The van der Waals surface area contributed by atoms with Gasteiger partial charge in [-0.15, -0.1) is 0 Å². The number of carbonyl (C=O) groups is 1. The standard InChI is InChI=1S/C22H27FN4O/c1-25-22(27-12-11-18(15-27)17-5-3-2-4-6-17)26-14-19(21(24)28)13-16-7-9-20(23)10-8-16/h2-10,18-19H,11-15H2,1H3,(H2,24,28)(H,25,26). The summed E-state index contributed by atoms with van der Waals surface area (Å²) < 4.78 is 13.1.